The van der Waals surface area contributed by atoms with E-state index in [1.165, 1.54) is 96.3 Å². The molecule has 0 saturated carbocycles. The van der Waals surface area contributed by atoms with Gasteiger partial charge in [0.05, 0.1) is 5.92 Å². The number of aromatic nitrogens is 1. The largest absolute Gasteiger partial charge is 0.481 e. The van der Waals surface area contributed by atoms with Crippen molar-refractivity contribution in [3.63, 3.8) is 0 Å². The van der Waals surface area contributed by atoms with E-state index in [0.717, 1.165) is 30.5 Å². The fraction of sp³-hybridized carbons (Fsp3) is 0.786. The molecule has 3 nitrogen and oxygen atoms in total. The minimum absolute atomic E-state index is 0.372. The molecule has 0 saturated heterocycles. The summed E-state index contributed by atoms with van der Waals surface area (Å²) in [6.45, 7) is 4.30. The lowest BCUT2D eigenvalue weighted by atomic mass is 9.92. The molecule has 1 aromatic rings. The number of carbonyl (C=O) groups is 1. The lowest BCUT2D eigenvalue weighted by Crippen LogP contribution is -2.33. The van der Waals surface area contributed by atoms with Gasteiger partial charge in [-0.05, 0) is 12.5 Å². The van der Waals surface area contributed by atoms with Gasteiger partial charge < -0.3 is 5.11 Å². The molecule has 0 radical (unpaired) electrons. The molecule has 0 bridgehead atoms. The molecular formula is C28H50NO2+. The third kappa shape index (κ3) is 12.9. The van der Waals surface area contributed by atoms with Gasteiger partial charge >= 0.3 is 5.97 Å². The summed E-state index contributed by atoms with van der Waals surface area (Å²) < 4.78 is 2.01. The first kappa shape index (κ1) is 27.7. The number of aryl methyl sites for hydroxylation is 1. The molecule has 3 heteroatoms. The number of rotatable bonds is 20. The van der Waals surface area contributed by atoms with E-state index in [0.29, 0.717) is 0 Å². The van der Waals surface area contributed by atoms with Crippen molar-refractivity contribution >= 4 is 5.97 Å². The van der Waals surface area contributed by atoms with Crippen LogP contribution in [-0.4, -0.2) is 11.1 Å². The Morgan fingerprint density at radius 1 is 0.806 bits per heavy atom. The van der Waals surface area contributed by atoms with Crippen LogP contribution in [0.25, 0.3) is 0 Å². The Hall–Kier alpha value is -1.38. The van der Waals surface area contributed by atoms with E-state index in [9.17, 15) is 9.90 Å². The second-order valence-corrected chi connectivity index (χ2v) is 9.50. The highest BCUT2D eigenvalue weighted by atomic mass is 16.4. The predicted molar refractivity (Wildman–Crippen MR) is 132 cm³/mol. The average Bonchev–Trinajstić information content (AvgIpc) is 2.75. The lowest BCUT2D eigenvalue weighted by molar-refractivity contribution is -0.678. The van der Waals surface area contributed by atoms with Crippen molar-refractivity contribution in [3.8, 4) is 0 Å². The van der Waals surface area contributed by atoms with Crippen molar-refractivity contribution in [2.45, 2.75) is 135 Å². The Morgan fingerprint density at radius 3 is 1.65 bits per heavy atom. The number of pyridine rings is 1. The van der Waals surface area contributed by atoms with Gasteiger partial charge in [0.1, 0.15) is 7.05 Å². The Kier molecular flexibility index (Phi) is 16.3. The van der Waals surface area contributed by atoms with E-state index in [2.05, 4.69) is 6.92 Å². The number of nitrogens with zero attached hydrogens (tertiary/aromatic N) is 1. The monoisotopic (exact) mass is 432 g/mol. The van der Waals surface area contributed by atoms with Crippen molar-refractivity contribution in [2.75, 3.05) is 0 Å². The summed E-state index contributed by atoms with van der Waals surface area (Å²) in [7, 11) is 1.98. The van der Waals surface area contributed by atoms with E-state index in [1.54, 1.807) is 0 Å². The third-order valence-electron chi connectivity index (χ3n) is 6.80. The summed E-state index contributed by atoms with van der Waals surface area (Å²) in [5.41, 5.74) is 2.02. The molecule has 0 aliphatic rings. The molecule has 0 spiro atoms. The molecule has 1 aromatic heterocycles. The van der Waals surface area contributed by atoms with Gasteiger partial charge in [-0.15, -0.1) is 0 Å². The van der Waals surface area contributed by atoms with Crippen LogP contribution in [0.4, 0.5) is 0 Å². The van der Waals surface area contributed by atoms with E-state index in [-0.39, 0.29) is 5.92 Å². The second kappa shape index (κ2) is 18.2. The predicted octanol–water partition coefficient (Wildman–Crippen LogP) is 8.03. The SMILES string of the molecule is CCCCCCCCCCCCCCCCCCCC(C(=O)O)c1ccc[n+](C)c1C. The first-order valence-corrected chi connectivity index (χ1v) is 13.3. The van der Waals surface area contributed by atoms with Crippen molar-refractivity contribution in [3.05, 3.63) is 29.6 Å². The minimum atomic E-state index is -0.689. The van der Waals surface area contributed by atoms with Gasteiger partial charge in [-0.2, -0.15) is 0 Å². The van der Waals surface area contributed by atoms with Crippen LogP contribution >= 0.6 is 0 Å². The molecule has 1 N–H and O–H groups in total. The molecule has 1 unspecified atom stereocenters. The molecule has 1 atom stereocenters. The Bertz CT molecular complexity index is 584. The van der Waals surface area contributed by atoms with Gasteiger partial charge in [-0.25, -0.2) is 4.57 Å². The summed E-state index contributed by atoms with van der Waals surface area (Å²) in [6.07, 6.45) is 25.7. The molecule has 0 aliphatic carbocycles. The zero-order chi connectivity index (χ0) is 22.7. The van der Waals surface area contributed by atoms with Crippen LogP contribution in [0, 0.1) is 6.92 Å². The first-order chi connectivity index (χ1) is 15.1. The van der Waals surface area contributed by atoms with Crippen LogP contribution < -0.4 is 4.57 Å². The van der Waals surface area contributed by atoms with E-state index in [4.69, 9.17) is 0 Å². The fourth-order valence-corrected chi connectivity index (χ4v) is 4.57. The maximum Gasteiger partial charge on any atom is 0.311 e. The Morgan fingerprint density at radius 2 is 1.23 bits per heavy atom. The number of aliphatic carboxylic acids is 1. The van der Waals surface area contributed by atoms with Crippen LogP contribution in [0.2, 0.25) is 0 Å². The van der Waals surface area contributed by atoms with Gasteiger partial charge in [0.25, 0.3) is 0 Å². The zero-order valence-corrected chi connectivity index (χ0v) is 20.8. The van der Waals surface area contributed by atoms with Crippen LogP contribution in [0.1, 0.15) is 140 Å². The summed E-state index contributed by atoms with van der Waals surface area (Å²) >= 11 is 0. The molecule has 0 fully saturated rings. The number of carboxylic acids is 1. The molecule has 178 valence electrons. The minimum Gasteiger partial charge on any atom is -0.481 e. The number of carboxylic acid groups (broad SMARTS) is 1. The average molecular weight is 433 g/mol. The zero-order valence-electron chi connectivity index (χ0n) is 20.8. The summed E-state index contributed by atoms with van der Waals surface area (Å²) in [5, 5.41) is 9.67. The maximum absolute atomic E-state index is 11.8. The smallest absolute Gasteiger partial charge is 0.311 e. The number of unbranched alkanes of at least 4 members (excludes halogenated alkanes) is 16. The van der Waals surface area contributed by atoms with Crippen LogP contribution in [-0.2, 0) is 11.8 Å². The fourth-order valence-electron chi connectivity index (χ4n) is 4.57. The molecule has 1 heterocycles. The van der Waals surface area contributed by atoms with E-state index >= 15 is 0 Å². The van der Waals surface area contributed by atoms with Gasteiger partial charge in [0.15, 0.2) is 11.9 Å². The van der Waals surface area contributed by atoms with Crippen LogP contribution in [0.5, 0.6) is 0 Å². The van der Waals surface area contributed by atoms with E-state index in [1.807, 2.05) is 36.9 Å². The number of hydrogen-bond donors (Lipinski definition) is 1. The standard InChI is InChI=1S/C28H49NO2/c1-4-5-6-7-8-9-10-11-12-13-14-15-16-17-18-19-20-22-27(28(30)31)26-23-21-24-29(3)25(26)2/h21,23-24,27H,4-20,22H2,1-3H3/p+1. The topological polar surface area (TPSA) is 41.2 Å². The maximum atomic E-state index is 11.8. The lowest BCUT2D eigenvalue weighted by Gasteiger charge is -2.13. The molecule has 0 aromatic carbocycles. The summed E-state index contributed by atoms with van der Waals surface area (Å²) in [5.74, 6) is -1.06. The molecule has 0 aliphatic heterocycles. The highest BCUT2D eigenvalue weighted by Gasteiger charge is 2.24. The normalized spacial score (nSPS) is 12.2. The van der Waals surface area contributed by atoms with Gasteiger partial charge in [0, 0.05) is 18.6 Å². The van der Waals surface area contributed by atoms with Gasteiger partial charge in [0.2, 0.25) is 0 Å². The molecule has 1 rings (SSSR count). The van der Waals surface area contributed by atoms with Crippen molar-refractivity contribution in [1.29, 1.82) is 0 Å². The third-order valence-corrected chi connectivity index (χ3v) is 6.80. The molecular weight excluding hydrogens is 382 g/mol. The van der Waals surface area contributed by atoms with Gasteiger partial charge in [-0.3, -0.25) is 4.79 Å². The number of hydrogen-bond acceptors (Lipinski definition) is 1. The Labute approximate surface area is 192 Å². The van der Waals surface area contributed by atoms with Crippen LogP contribution in [0.3, 0.4) is 0 Å². The molecule has 31 heavy (non-hydrogen) atoms. The highest BCUT2D eigenvalue weighted by molar-refractivity contribution is 5.76. The van der Waals surface area contributed by atoms with Crippen LogP contribution in [0.15, 0.2) is 18.3 Å². The summed E-state index contributed by atoms with van der Waals surface area (Å²) in [6, 6.07) is 3.93. The first-order valence-electron chi connectivity index (χ1n) is 13.3. The van der Waals surface area contributed by atoms with Crippen molar-refractivity contribution < 1.29 is 14.5 Å². The quantitative estimate of drug-likeness (QED) is 0.167. The Balaban J connectivity index is 1.97. The van der Waals surface area contributed by atoms with Crippen molar-refractivity contribution in [1.82, 2.24) is 0 Å². The van der Waals surface area contributed by atoms with Gasteiger partial charge in [-0.1, -0.05) is 116 Å². The van der Waals surface area contributed by atoms with Crippen molar-refractivity contribution in [2.24, 2.45) is 7.05 Å². The molecule has 0 amide bonds. The van der Waals surface area contributed by atoms with E-state index < -0.39 is 5.97 Å². The highest BCUT2D eigenvalue weighted by Crippen LogP contribution is 2.24. The summed E-state index contributed by atoms with van der Waals surface area (Å²) in [4.78, 5) is 11.8. The second-order valence-electron chi connectivity index (χ2n) is 9.50.